The zero-order valence-electron chi connectivity index (χ0n) is 13.0. The van der Waals surface area contributed by atoms with Gasteiger partial charge in [0.2, 0.25) is 6.79 Å². The number of carbonyl (C=O) groups is 1. The van der Waals surface area contributed by atoms with E-state index in [1.807, 2.05) is 28.9 Å². The highest BCUT2D eigenvalue weighted by atomic mass is 16.7. The number of hydrogen-bond donors (Lipinski definition) is 1. The van der Waals surface area contributed by atoms with Crippen LogP contribution in [-0.2, 0) is 17.9 Å². The van der Waals surface area contributed by atoms with E-state index < -0.39 is 0 Å². The first kappa shape index (κ1) is 13.9. The van der Waals surface area contributed by atoms with E-state index in [9.17, 15) is 4.79 Å². The molecule has 1 aromatic heterocycles. The molecule has 0 radical (unpaired) electrons. The highest BCUT2D eigenvalue weighted by Crippen LogP contribution is 2.36. The lowest BCUT2D eigenvalue weighted by Gasteiger charge is -2.24. The SMILES string of the molecule is O=C(NC1CC1)c1cc2n(n1)C[C@H](c1ccc3c(c1)OCO3)OC2. The molecule has 24 heavy (non-hydrogen) atoms. The van der Waals surface area contributed by atoms with Crippen molar-refractivity contribution in [3.63, 3.8) is 0 Å². The highest BCUT2D eigenvalue weighted by molar-refractivity contribution is 5.92. The van der Waals surface area contributed by atoms with Gasteiger partial charge in [-0.05, 0) is 36.6 Å². The van der Waals surface area contributed by atoms with Crippen molar-refractivity contribution in [3.05, 3.63) is 41.2 Å². The Bertz CT molecular complexity index is 812. The molecule has 1 N–H and O–H groups in total. The summed E-state index contributed by atoms with van der Waals surface area (Å²) in [6, 6.07) is 7.96. The molecular weight excluding hydrogens is 310 g/mol. The van der Waals surface area contributed by atoms with Gasteiger partial charge in [-0.25, -0.2) is 0 Å². The Morgan fingerprint density at radius 1 is 1.21 bits per heavy atom. The largest absolute Gasteiger partial charge is 0.454 e. The quantitative estimate of drug-likeness (QED) is 0.930. The second-order valence-corrected chi connectivity index (χ2v) is 6.36. The van der Waals surface area contributed by atoms with Crippen LogP contribution in [0.4, 0.5) is 0 Å². The Labute approximate surface area is 138 Å². The third-order valence-corrected chi connectivity index (χ3v) is 4.55. The summed E-state index contributed by atoms with van der Waals surface area (Å²) in [5.74, 6) is 1.40. The van der Waals surface area contributed by atoms with Crippen LogP contribution in [0.3, 0.4) is 0 Å². The first-order valence-electron chi connectivity index (χ1n) is 8.15. The summed E-state index contributed by atoms with van der Waals surface area (Å²) in [6.45, 7) is 1.27. The van der Waals surface area contributed by atoms with Crippen molar-refractivity contribution < 1.29 is 19.0 Å². The summed E-state index contributed by atoms with van der Waals surface area (Å²) in [5.41, 5.74) is 2.41. The summed E-state index contributed by atoms with van der Waals surface area (Å²) in [7, 11) is 0. The van der Waals surface area contributed by atoms with E-state index in [1.165, 1.54) is 0 Å². The minimum atomic E-state index is -0.119. The van der Waals surface area contributed by atoms with Crippen LogP contribution in [0.2, 0.25) is 0 Å². The molecule has 1 amide bonds. The Morgan fingerprint density at radius 3 is 2.96 bits per heavy atom. The molecule has 1 atom stereocenters. The number of amides is 1. The average Bonchev–Trinajstić information content (AvgIpc) is 3.13. The Balaban J connectivity index is 1.36. The van der Waals surface area contributed by atoms with Crippen molar-refractivity contribution in [1.82, 2.24) is 15.1 Å². The van der Waals surface area contributed by atoms with Gasteiger partial charge in [-0.3, -0.25) is 9.48 Å². The predicted octanol–water partition coefficient (Wildman–Crippen LogP) is 1.78. The molecule has 1 aliphatic carbocycles. The third-order valence-electron chi connectivity index (χ3n) is 4.55. The van der Waals surface area contributed by atoms with Crippen LogP contribution in [0.15, 0.2) is 24.3 Å². The minimum absolute atomic E-state index is 0.0981. The summed E-state index contributed by atoms with van der Waals surface area (Å²) >= 11 is 0. The van der Waals surface area contributed by atoms with Gasteiger partial charge in [0.25, 0.3) is 5.91 Å². The highest BCUT2D eigenvalue weighted by Gasteiger charge is 2.28. The maximum absolute atomic E-state index is 12.1. The van der Waals surface area contributed by atoms with Gasteiger partial charge in [0.15, 0.2) is 17.2 Å². The van der Waals surface area contributed by atoms with Crippen molar-refractivity contribution in [3.8, 4) is 11.5 Å². The van der Waals surface area contributed by atoms with Crippen molar-refractivity contribution in [2.24, 2.45) is 0 Å². The van der Waals surface area contributed by atoms with Crippen LogP contribution < -0.4 is 14.8 Å². The van der Waals surface area contributed by atoms with E-state index in [2.05, 4.69) is 10.4 Å². The van der Waals surface area contributed by atoms with E-state index in [1.54, 1.807) is 0 Å². The molecule has 3 heterocycles. The molecule has 124 valence electrons. The topological polar surface area (TPSA) is 74.6 Å². The van der Waals surface area contributed by atoms with Gasteiger partial charge >= 0.3 is 0 Å². The fourth-order valence-electron chi connectivity index (χ4n) is 3.04. The Kier molecular flexibility index (Phi) is 3.02. The standard InChI is InChI=1S/C17H17N3O4/c21-17(18-11-2-3-11)13-6-12-8-22-16(7-20(12)19-13)10-1-4-14-15(5-10)24-9-23-14/h1,4-6,11,16H,2-3,7-9H2,(H,18,21)/t16-/m1/s1. The van der Waals surface area contributed by atoms with E-state index in [0.29, 0.717) is 24.9 Å². The number of benzene rings is 1. The maximum Gasteiger partial charge on any atom is 0.272 e. The number of carbonyl (C=O) groups excluding carboxylic acids is 1. The van der Waals surface area contributed by atoms with Crippen molar-refractivity contribution in [1.29, 1.82) is 0 Å². The molecule has 0 unspecified atom stereocenters. The van der Waals surface area contributed by atoms with Gasteiger partial charge in [-0.15, -0.1) is 0 Å². The molecule has 7 heteroatoms. The Morgan fingerprint density at radius 2 is 2.08 bits per heavy atom. The van der Waals surface area contributed by atoms with E-state index >= 15 is 0 Å². The van der Waals surface area contributed by atoms with Crippen molar-refractivity contribution in [2.75, 3.05) is 6.79 Å². The molecule has 1 aromatic carbocycles. The van der Waals surface area contributed by atoms with Crippen molar-refractivity contribution in [2.45, 2.75) is 38.1 Å². The molecule has 2 aromatic rings. The summed E-state index contributed by atoms with van der Waals surface area (Å²) in [5, 5.41) is 7.41. The van der Waals surface area contributed by atoms with Gasteiger partial charge in [0.05, 0.1) is 18.8 Å². The molecule has 3 aliphatic rings. The van der Waals surface area contributed by atoms with Crippen LogP contribution in [0.25, 0.3) is 0 Å². The monoisotopic (exact) mass is 327 g/mol. The maximum atomic E-state index is 12.1. The van der Waals surface area contributed by atoms with E-state index in [4.69, 9.17) is 14.2 Å². The zero-order chi connectivity index (χ0) is 16.1. The number of nitrogens with one attached hydrogen (secondary N) is 1. The second kappa shape index (κ2) is 5.24. The minimum Gasteiger partial charge on any atom is -0.454 e. The van der Waals surface area contributed by atoms with Gasteiger partial charge in [0, 0.05) is 6.04 Å². The summed E-state index contributed by atoms with van der Waals surface area (Å²) in [4.78, 5) is 12.1. The smallest absolute Gasteiger partial charge is 0.272 e. The number of rotatable bonds is 3. The van der Waals surface area contributed by atoms with E-state index in [-0.39, 0.29) is 18.8 Å². The molecule has 1 fully saturated rings. The third kappa shape index (κ3) is 2.41. The summed E-state index contributed by atoms with van der Waals surface area (Å²) < 4.78 is 18.6. The lowest BCUT2D eigenvalue weighted by Crippen LogP contribution is -2.26. The first-order chi connectivity index (χ1) is 11.8. The molecule has 1 saturated carbocycles. The molecular formula is C17H17N3O4. The number of ether oxygens (including phenoxy) is 3. The average molecular weight is 327 g/mol. The molecule has 2 aliphatic heterocycles. The fraction of sp³-hybridized carbons (Fsp3) is 0.412. The van der Waals surface area contributed by atoms with Crippen LogP contribution in [0.5, 0.6) is 11.5 Å². The molecule has 0 saturated heterocycles. The van der Waals surface area contributed by atoms with Crippen molar-refractivity contribution >= 4 is 5.91 Å². The molecule has 0 spiro atoms. The molecule has 7 nitrogen and oxygen atoms in total. The summed E-state index contributed by atoms with van der Waals surface area (Å²) in [6.07, 6.45) is 2.01. The normalized spacial score (nSPS) is 21.4. The lowest BCUT2D eigenvalue weighted by molar-refractivity contribution is -0.00128. The van der Waals surface area contributed by atoms with Gasteiger partial charge < -0.3 is 19.5 Å². The van der Waals surface area contributed by atoms with E-state index in [0.717, 1.165) is 35.6 Å². The fourth-order valence-corrected chi connectivity index (χ4v) is 3.04. The van der Waals surface area contributed by atoms with Gasteiger partial charge in [-0.2, -0.15) is 5.10 Å². The second-order valence-electron chi connectivity index (χ2n) is 6.36. The zero-order valence-corrected chi connectivity index (χ0v) is 13.0. The predicted molar refractivity (Wildman–Crippen MR) is 82.8 cm³/mol. The van der Waals surface area contributed by atoms with Crippen LogP contribution in [0.1, 0.15) is 40.7 Å². The Hall–Kier alpha value is -2.54. The van der Waals surface area contributed by atoms with Crippen LogP contribution >= 0.6 is 0 Å². The van der Waals surface area contributed by atoms with Gasteiger partial charge in [-0.1, -0.05) is 6.07 Å². The molecule has 5 rings (SSSR count). The number of fused-ring (bicyclic) bond motifs is 2. The van der Waals surface area contributed by atoms with Gasteiger partial charge in [0.1, 0.15) is 6.10 Å². The lowest BCUT2D eigenvalue weighted by atomic mass is 10.1. The number of aromatic nitrogens is 2. The molecule has 0 bridgehead atoms. The first-order valence-corrected chi connectivity index (χ1v) is 8.15. The van der Waals surface area contributed by atoms with Crippen LogP contribution in [-0.4, -0.2) is 28.5 Å². The van der Waals surface area contributed by atoms with Crippen LogP contribution in [0, 0.1) is 0 Å². The number of nitrogens with zero attached hydrogens (tertiary/aromatic N) is 2. The number of hydrogen-bond acceptors (Lipinski definition) is 5.